The van der Waals surface area contributed by atoms with Gasteiger partial charge in [0.15, 0.2) is 0 Å². The van der Waals surface area contributed by atoms with Crippen LogP contribution in [0.1, 0.15) is 13.8 Å². The predicted octanol–water partition coefficient (Wildman–Crippen LogP) is -0.461. The standard InChI is InChI=1S/C12H20N4O/c1-8(2)10-12(17)14-11(13-10)9-7-15-3-5-16(9)6-4-15/h8-10H,3-7H2,1-2H3,(H,13,14,17). The highest BCUT2D eigenvalue weighted by molar-refractivity contribution is 6.08. The predicted molar refractivity (Wildman–Crippen MR) is 66.0 cm³/mol. The van der Waals surface area contributed by atoms with E-state index in [-0.39, 0.29) is 17.9 Å². The molecule has 4 aliphatic rings. The lowest BCUT2D eigenvalue weighted by Crippen LogP contribution is -2.64. The van der Waals surface area contributed by atoms with Gasteiger partial charge in [-0.2, -0.15) is 0 Å². The Morgan fingerprint density at radius 2 is 2.00 bits per heavy atom. The Balaban J connectivity index is 1.77. The number of amidine groups is 1. The van der Waals surface area contributed by atoms with Gasteiger partial charge in [-0.25, -0.2) is 0 Å². The van der Waals surface area contributed by atoms with Gasteiger partial charge in [-0.3, -0.25) is 19.6 Å². The minimum absolute atomic E-state index is 0.0765. The van der Waals surface area contributed by atoms with Crippen LogP contribution < -0.4 is 5.32 Å². The van der Waals surface area contributed by atoms with Crippen molar-refractivity contribution in [1.29, 1.82) is 0 Å². The number of rotatable bonds is 2. The summed E-state index contributed by atoms with van der Waals surface area (Å²) in [6, 6.07) is 0.131. The second-order valence-corrected chi connectivity index (χ2v) is 5.54. The molecular weight excluding hydrogens is 216 g/mol. The van der Waals surface area contributed by atoms with Gasteiger partial charge >= 0.3 is 0 Å². The molecular formula is C12H20N4O. The molecule has 2 atom stereocenters. The summed E-state index contributed by atoms with van der Waals surface area (Å²) in [7, 11) is 0. The molecule has 3 fully saturated rings. The zero-order valence-electron chi connectivity index (χ0n) is 10.5. The van der Waals surface area contributed by atoms with Crippen molar-refractivity contribution in [3.05, 3.63) is 0 Å². The van der Waals surface area contributed by atoms with Crippen LogP contribution in [0.3, 0.4) is 0 Å². The highest BCUT2D eigenvalue weighted by atomic mass is 16.2. The van der Waals surface area contributed by atoms with Crippen LogP contribution in [0.5, 0.6) is 0 Å². The SMILES string of the molecule is CC(C)C1N=C(C2CN3CCN2CC3)NC1=O. The zero-order chi connectivity index (χ0) is 12.0. The Morgan fingerprint density at radius 1 is 1.29 bits per heavy atom. The zero-order valence-corrected chi connectivity index (χ0v) is 10.5. The van der Waals surface area contributed by atoms with Crippen molar-refractivity contribution in [1.82, 2.24) is 15.1 Å². The number of carbonyl (C=O) groups excluding carboxylic acids is 1. The molecule has 0 saturated carbocycles. The van der Waals surface area contributed by atoms with Crippen molar-refractivity contribution in [3.63, 3.8) is 0 Å². The van der Waals surface area contributed by atoms with Gasteiger partial charge in [-0.15, -0.1) is 0 Å². The number of amides is 1. The van der Waals surface area contributed by atoms with Gasteiger partial charge in [0, 0.05) is 32.7 Å². The number of nitrogens with one attached hydrogen (secondary N) is 1. The molecule has 3 saturated heterocycles. The third-order valence-electron chi connectivity index (χ3n) is 4.02. The Labute approximate surface area is 102 Å². The van der Waals surface area contributed by atoms with Crippen molar-refractivity contribution < 1.29 is 4.79 Å². The third-order valence-corrected chi connectivity index (χ3v) is 4.02. The van der Waals surface area contributed by atoms with E-state index in [9.17, 15) is 4.79 Å². The normalized spacial score (nSPS) is 40.6. The Bertz CT molecular complexity index is 358. The van der Waals surface area contributed by atoms with Crippen LogP contribution in [-0.4, -0.2) is 66.4 Å². The second-order valence-electron chi connectivity index (χ2n) is 5.54. The number of carbonyl (C=O) groups is 1. The lowest BCUT2D eigenvalue weighted by atomic mass is 10.1. The highest BCUT2D eigenvalue weighted by Gasteiger charge is 2.39. The van der Waals surface area contributed by atoms with Gasteiger partial charge in [0.2, 0.25) is 5.91 Å². The number of piperazine rings is 3. The van der Waals surface area contributed by atoms with Crippen LogP contribution in [0.4, 0.5) is 0 Å². The Kier molecular flexibility index (Phi) is 2.67. The first-order valence-electron chi connectivity index (χ1n) is 6.50. The summed E-state index contributed by atoms with van der Waals surface area (Å²) in [5, 5.41) is 2.98. The molecule has 0 aliphatic carbocycles. The summed E-state index contributed by atoms with van der Waals surface area (Å²) in [4.78, 5) is 21.3. The monoisotopic (exact) mass is 236 g/mol. The molecule has 94 valence electrons. The lowest BCUT2D eigenvalue weighted by molar-refractivity contribution is -0.120. The van der Waals surface area contributed by atoms with E-state index in [2.05, 4.69) is 20.1 Å². The third kappa shape index (κ3) is 1.87. The van der Waals surface area contributed by atoms with Gasteiger partial charge in [-0.05, 0) is 5.92 Å². The summed E-state index contributed by atoms with van der Waals surface area (Å²) in [6.45, 7) is 9.64. The highest BCUT2D eigenvalue weighted by Crippen LogP contribution is 2.20. The molecule has 1 N–H and O–H groups in total. The van der Waals surface area contributed by atoms with Crippen LogP contribution in [-0.2, 0) is 4.79 Å². The maximum atomic E-state index is 11.8. The first-order chi connectivity index (χ1) is 8.15. The van der Waals surface area contributed by atoms with E-state index in [1.54, 1.807) is 0 Å². The average Bonchev–Trinajstić information content (AvgIpc) is 2.73. The second kappa shape index (κ2) is 4.07. The molecule has 0 aromatic rings. The molecule has 0 radical (unpaired) electrons. The number of aliphatic imine (C=N–C) groups is 1. The summed E-state index contributed by atoms with van der Waals surface area (Å²) in [5.41, 5.74) is 0. The first-order valence-corrected chi connectivity index (χ1v) is 6.50. The van der Waals surface area contributed by atoms with Crippen molar-refractivity contribution >= 4 is 11.7 Å². The molecule has 0 spiro atoms. The van der Waals surface area contributed by atoms with Crippen molar-refractivity contribution in [2.45, 2.75) is 25.9 Å². The quantitative estimate of drug-likeness (QED) is 0.706. The molecule has 1 amide bonds. The molecule has 2 unspecified atom stereocenters. The summed E-state index contributed by atoms with van der Waals surface area (Å²) in [6.07, 6.45) is 0. The van der Waals surface area contributed by atoms with Crippen LogP contribution in [0.15, 0.2) is 4.99 Å². The fourth-order valence-electron chi connectivity index (χ4n) is 2.94. The average molecular weight is 236 g/mol. The smallest absolute Gasteiger partial charge is 0.250 e. The largest absolute Gasteiger partial charge is 0.311 e. The summed E-state index contributed by atoms with van der Waals surface area (Å²) in [5.74, 6) is 1.26. The number of hydrogen-bond donors (Lipinski definition) is 1. The van der Waals surface area contributed by atoms with E-state index >= 15 is 0 Å². The Hall–Kier alpha value is -0.940. The molecule has 5 heteroatoms. The van der Waals surface area contributed by atoms with Gasteiger partial charge in [0.05, 0.1) is 6.04 Å². The molecule has 4 heterocycles. The number of fused-ring (bicyclic) bond motifs is 3. The molecule has 4 rings (SSSR count). The van der Waals surface area contributed by atoms with Crippen molar-refractivity contribution in [2.24, 2.45) is 10.9 Å². The number of hydrogen-bond acceptors (Lipinski definition) is 4. The van der Waals surface area contributed by atoms with Gasteiger partial charge < -0.3 is 5.32 Å². The molecule has 0 aromatic heterocycles. The van der Waals surface area contributed by atoms with Crippen molar-refractivity contribution in [2.75, 3.05) is 32.7 Å². The minimum atomic E-state index is -0.179. The first kappa shape index (κ1) is 11.2. The van der Waals surface area contributed by atoms with E-state index in [1.807, 2.05) is 13.8 Å². The minimum Gasteiger partial charge on any atom is -0.311 e. The number of nitrogens with zero attached hydrogens (tertiary/aromatic N) is 3. The van der Waals surface area contributed by atoms with Gasteiger partial charge in [0.1, 0.15) is 11.9 Å². The summed E-state index contributed by atoms with van der Waals surface area (Å²) >= 11 is 0. The lowest BCUT2D eigenvalue weighted by Gasteiger charge is -2.47. The fourth-order valence-corrected chi connectivity index (χ4v) is 2.94. The molecule has 2 bridgehead atoms. The Morgan fingerprint density at radius 3 is 2.47 bits per heavy atom. The van der Waals surface area contributed by atoms with E-state index in [1.165, 1.54) is 0 Å². The van der Waals surface area contributed by atoms with E-state index in [0.717, 1.165) is 38.6 Å². The van der Waals surface area contributed by atoms with E-state index in [0.29, 0.717) is 6.04 Å². The van der Waals surface area contributed by atoms with Crippen LogP contribution in [0.2, 0.25) is 0 Å². The fraction of sp³-hybridized carbons (Fsp3) is 0.833. The van der Waals surface area contributed by atoms with Crippen molar-refractivity contribution in [3.8, 4) is 0 Å². The molecule has 5 nitrogen and oxygen atoms in total. The molecule has 17 heavy (non-hydrogen) atoms. The van der Waals surface area contributed by atoms with E-state index < -0.39 is 0 Å². The van der Waals surface area contributed by atoms with Gasteiger partial charge in [0.25, 0.3) is 0 Å². The van der Waals surface area contributed by atoms with E-state index in [4.69, 9.17) is 0 Å². The maximum absolute atomic E-state index is 11.8. The van der Waals surface area contributed by atoms with Gasteiger partial charge in [-0.1, -0.05) is 13.8 Å². The van der Waals surface area contributed by atoms with Crippen LogP contribution in [0, 0.1) is 5.92 Å². The summed E-state index contributed by atoms with van der Waals surface area (Å²) < 4.78 is 0. The van der Waals surface area contributed by atoms with Crippen LogP contribution >= 0.6 is 0 Å². The molecule has 4 aliphatic heterocycles. The molecule has 0 aromatic carbocycles. The van der Waals surface area contributed by atoms with Crippen LogP contribution in [0.25, 0.3) is 0 Å². The topological polar surface area (TPSA) is 47.9 Å². The maximum Gasteiger partial charge on any atom is 0.250 e.